The molecular weight excluding hydrogens is 1940 g/mol. The van der Waals surface area contributed by atoms with Crippen molar-refractivity contribution < 1.29 is 126 Å². The first-order valence-corrected chi connectivity index (χ1v) is 45.4. The van der Waals surface area contributed by atoms with Crippen molar-refractivity contribution in [1.82, 2.24) is 85.0 Å². The van der Waals surface area contributed by atoms with E-state index in [0.717, 1.165) is 24.3 Å². The number of carbonyl (C=O) groups is 8. The summed E-state index contributed by atoms with van der Waals surface area (Å²) in [4.78, 5) is 120. The largest absolute Gasteiger partial charge is 0.419 e. The summed E-state index contributed by atoms with van der Waals surface area (Å²) in [5.74, 6) is -18.9. The van der Waals surface area contributed by atoms with Gasteiger partial charge < -0.3 is 39.2 Å². The third-order valence-corrected chi connectivity index (χ3v) is 27.0. The van der Waals surface area contributed by atoms with Gasteiger partial charge in [-0.25, -0.2) is 35.1 Å². The van der Waals surface area contributed by atoms with Gasteiger partial charge in [-0.05, 0) is 170 Å². The molecule has 5 aromatic heterocycles. The van der Waals surface area contributed by atoms with Gasteiger partial charge in [0.2, 0.25) is 0 Å². The number of piperidine rings is 4. The SMILES string of the molecule is O=C(c1ccccc1)N1Cc2[nH]nc(C(=O)N3CCC(c4ccc(F)c(F)c4C(F)(F)F)CC3)c2C1.O=C(c1ccccc1)N1Cc2[nH]nc(C(=O)N3CCC(c4ccc(F)c(F)c4C(F)(F)F)CC3)c2C1.O=C(c1ccccc1)N1Cc2[nH]nc(C(=O)N3CCC(c4ccc(F)c(F)c4C(F)(F)F)CC3)c2C1.O=C(c1ccccn1)N1Cc2[nH]nc(C(=O)N3CCC(c4ccc(F)c(F)c4C(F)(F)F)CC3)c2C1. The summed E-state index contributed by atoms with van der Waals surface area (Å²) < 4.78 is 271. The van der Waals surface area contributed by atoms with E-state index < -0.39 is 123 Å². The van der Waals surface area contributed by atoms with Gasteiger partial charge in [0.05, 0.1) is 97.4 Å². The monoisotopic (exact) mass is 2020 g/mol. The number of likely N-dealkylation sites (tertiary alicyclic amines) is 4. The van der Waals surface area contributed by atoms with Crippen LogP contribution < -0.4 is 0 Å². The van der Waals surface area contributed by atoms with Gasteiger partial charge in [-0.15, -0.1) is 0 Å². The zero-order valence-electron chi connectivity index (χ0n) is 75.5. The average Bonchev–Trinajstić information content (AvgIpc) is 1.79. The number of nitrogens with one attached hydrogen (secondary N) is 4. The summed E-state index contributed by atoms with van der Waals surface area (Å²) in [6.45, 7) is 2.92. The maximum atomic E-state index is 14.0. The maximum absolute atomic E-state index is 14.0. The zero-order chi connectivity index (χ0) is 102. The summed E-state index contributed by atoms with van der Waals surface area (Å²) in [5.41, 5.74) is 0.0590. The first-order chi connectivity index (χ1) is 68.6. The Labute approximate surface area is 804 Å². The van der Waals surface area contributed by atoms with Gasteiger partial charge in [-0.3, -0.25) is 63.7 Å². The summed E-state index contributed by atoms with van der Waals surface area (Å²) in [7, 11) is 0. The molecule has 0 unspecified atom stereocenters. The topological polar surface area (TPSA) is 290 Å². The van der Waals surface area contributed by atoms with Crippen LogP contribution in [0, 0.1) is 46.5 Å². The van der Waals surface area contributed by atoms with Crippen LogP contribution >= 0.6 is 0 Å². The van der Waals surface area contributed by atoms with Crippen molar-refractivity contribution in [2.75, 3.05) is 52.4 Å². The van der Waals surface area contributed by atoms with Gasteiger partial charge in [0, 0.05) is 97.5 Å². The van der Waals surface area contributed by atoms with Crippen LogP contribution in [0.25, 0.3) is 0 Å². The Morgan fingerprint density at radius 2 is 0.465 bits per heavy atom. The van der Waals surface area contributed by atoms with E-state index in [-0.39, 0.29) is 248 Å². The molecule has 0 atom stereocenters. The Bertz CT molecular complexity index is 6070. The van der Waals surface area contributed by atoms with Crippen LogP contribution in [-0.2, 0) is 77.1 Å². The number of halogens is 20. The van der Waals surface area contributed by atoms with E-state index in [4.69, 9.17) is 0 Å². The van der Waals surface area contributed by atoms with Gasteiger partial charge in [-0.2, -0.15) is 73.1 Å². The minimum absolute atomic E-state index is 0.123. The highest BCUT2D eigenvalue weighted by Crippen LogP contribution is 2.48. The van der Waals surface area contributed by atoms with E-state index in [0.29, 0.717) is 86.0 Å². The fourth-order valence-electron chi connectivity index (χ4n) is 19.7. The fourth-order valence-corrected chi connectivity index (χ4v) is 19.7. The number of aromatic nitrogens is 9. The van der Waals surface area contributed by atoms with Crippen molar-refractivity contribution in [2.45, 2.75) is 152 Å². The number of amides is 8. The lowest BCUT2D eigenvalue weighted by molar-refractivity contribution is -0.142. The second-order valence-electron chi connectivity index (χ2n) is 35.6. The molecule has 4 fully saturated rings. The highest BCUT2D eigenvalue weighted by Gasteiger charge is 2.48. The third kappa shape index (κ3) is 20.5. The Kier molecular flexibility index (Phi) is 28.4. The van der Waals surface area contributed by atoms with Crippen molar-refractivity contribution in [3.8, 4) is 0 Å². The molecule has 7 aromatic carbocycles. The van der Waals surface area contributed by atoms with Crippen LogP contribution in [0.1, 0.15) is 248 Å². The fraction of sp³-hybridized carbons (Fsp3) is 0.323. The Balaban J connectivity index is 0.000000132. The first kappa shape index (κ1) is 100. The van der Waals surface area contributed by atoms with Crippen molar-refractivity contribution in [3.63, 3.8) is 0 Å². The Morgan fingerprint density at radius 3 is 0.674 bits per heavy atom. The van der Waals surface area contributed by atoms with Crippen molar-refractivity contribution in [2.24, 2.45) is 0 Å². The van der Waals surface area contributed by atoms with Gasteiger partial charge >= 0.3 is 24.7 Å². The van der Waals surface area contributed by atoms with Crippen LogP contribution in [-0.4, -0.2) is 185 Å². The second kappa shape index (κ2) is 40.7. The molecule has 4 N–H and O–H groups in total. The van der Waals surface area contributed by atoms with E-state index in [1.807, 2.05) is 18.2 Å². The summed E-state index contributed by atoms with van der Waals surface area (Å²) >= 11 is 0. The van der Waals surface area contributed by atoms with Gasteiger partial charge in [0.15, 0.2) is 69.3 Å². The first-order valence-electron chi connectivity index (χ1n) is 45.4. The second-order valence-corrected chi connectivity index (χ2v) is 35.6. The maximum Gasteiger partial charge on any atom is 0.419 e. The van der Waals surface area contributed by atoms with E-state index >= 15 is 0 Å². The van der Waals surface area contributed by atoms with E-state index in [2.05, 4.69) is 45.8 Å². The number of aromatic amines is 4. The molecule has 752 valence electrons. The molecule has 8 aliphatic heterocycles. The molecule has 0 spiro atoms. The number of carbonyl (C=O) groups excluding carboxylic acids is 8. The quantitative estimate of drug-likeness (QED) is 0.0829. The molecule has 0 aliphatic carbocycles. The van der Waals surface area contributed by atoms with Gasteiger partial charge in [0.25, 0.3) is 47.3 Å². The molecule has 45 heteroatoms. The molecule has 144 heavy (non-hydrogen) atoms. The molecule has 12 aromatic rings. The van der Waals surface area contributed by atoms with Gasteiger partial charge in [0.1, 0.15) is 5.69 Å². The summed E-state index contributed by atoms with van der Waals surface area (Å²) in [5, 5.41) is 27.8. The number of nitrogens with zero attached hydrogens (tertiary/aromatic N) is 13. The van der Waals surface area contributed by atoms with E-state index in [9.17, 15) is 126 Å². The zero-order valence-corrected chi connectivity index (χ0v) is 75.5. The number of benzene rings is 7. The van der Waals surface area contributed by atoms with Crippen LogP contribution in [0.5, 0.6) is 0 Å². The standard InChI is InChI=1S/3C25H21F5N4O2.C24H20F5N5O2/c3*26-18-7-6-16(20(21(18)27)25(28,29)30)14-8-10-33(11-9-14)24(36)22-17-12-34(13-19(17)31-32-22)23(35)15-4-2-1-3-5-15;25-16-5-4-14(19(20(16)26)24(27,28)29)13-6-9-33(10-7-13)23(36)21-15-11-34(12-18(15)31-32-21)22(35)17-3-1-2-8-30-17/h3*1-7,14H,8-13H2,(H,31,32);1-5,8,13H,6-7,9-12H2,(H,31,32). The van der Waals surface area contributed by atoms with Crippen LogP contribution in [0.2, 0.25) is 0 Å². The molecule has 20 rings (SSSR count). The molecular formula is C99H83F20N17O8. The highest BCUT2D eigenvalue weighted by atomic mass is 19.4. The van der Waals surface area contributed by atoms with Crippen LogP contribution in [0.15, 0.2) is 164 Å². The predicted octanol–water partition coefficient (Wildman–Crippen LogP) is 18.9. The molecule has 0 saturated carbocycles. The smallest absolute Gasteiger partial charge is 0.337 e. The van der Waals surface area contributed by atoms with E-state index in [1.54, 1.807) is 106 Å². The number of pyridine rings is 1. The van der Waals surface area contributed by atoms with Crippen molar-refractivity contribution >= 4 is 47.3 Å². The van der Waals surface area contributed by atoms with E-state index in [1.165, 1.54) is 30.7 Å². The normalized spacial score (nSPS) is 16.4. The number of fused-ring (bicyclic) bond motifs is 4. The molecule has 8 amide bonds. The average molecular weight is 2020 g/mol. The third-order valence-electron chi connectivity index (χ3n) is 27.0. The van der Waals surface area contributed by atoms with Gasteiger partial charge in [-0.1, -0.05) is 84.9 Å². The lowest BCUT2D eigenvalue weighted by atomic mass is 9.86. The lowest BCUT2D eigenvalue weighted by Crippen LogP contribution is -2.39. The Morgan fingerprint density at radius 1 is 0.250 bits per heavy atom. The number of H-pyrrole nitrogens is 4. The van der Waals surface area contributed by atoms with Crippen LogP contribution in [0.4, 0.5) is 87.8 Å². The lowest BCUT2D eigenvalue weighted by Gasteiger charge is -2.33. The molecule has 4 saturated heterocycles. The molecule has 8 aliphatic rings. The summed E-state index contributed by atoms with van der Waals surface area (Å²) in [6.07, 6.45) is -17.4. The highest BCUT2D eigenvalue weighted by molar-refractivity contribution is 6.00. The molecule has 13 heterocycles. The molecule has 25 nitrogen and oxygen atoms in total. The minimum Gasteiger partial charge on any atom is -0.337 e. The number of alkyl halides is 12. The molecule has 0 radical (unpaired) electrons. The Hall–Kier alpha value is -15.1. The van der Waals surface area contributed by atoms with Crippen molar-refractivity contribution in [1.29, 1.82) is 0 Å². The predicted molar refractivity (Wildman–Crippen MR) is 469 cm³/mol. The van der Waals surface area contributed by atoms with Crippen molar-refractivity contribution in [3.05, 3.63) is 345 Å². The summed E-state index contributed by atoms with van der Waals surface area (Å²) in [6, 6.07) is 38.0. The number of hydrogen-bond acceptors (Lipinski definition) is 13. The number of rotatable bonds is 12. The van der Waals surface area contributed by atoms with Crippen LogP contribution in [0.3, 0.4) is 0 Å². The number of hydrogen-bond donors (Lipinski definition) is 4. The molecule has 0 bridgehead atoms. The minimum atomic E-state index is -5.04.